The van der Waals surface area contributed by atoms with Gasteiger partial charge in [0.25, 0.3) is 5.91 Å². The number of nitrogens with one attached hydrogen (secondary N) is 2. The Labute approximate surface area is 212 Å². The third-order valence-corrected chi connectivity index (χ3v) is 7.45. The Morgan fingerprint density at radius 2 is 1.61 bits per heavy atom. The van der Waals surface area contributed by atoms with Gasteiger partial charge in [-0.25, -0.2) is 4.79 Å². The van der Waals surface area contributed by atoms with Gasteiger partial charge in [-0.2, -0.15) is 0 Å². The number of carbonyl (C=O) groups excluding carboxylic acids is 3. The van der Waals surface area contributed by atoms with Gasteiger partial charge in [0, 0.05) is 36.1 Å². The SMILES string of the molecule is CO.Cc1ccc(NC(=O)c2ccc(C[C@H](NC(=O)[C@H]3CC[C@@](C)(C=O)C3(C)C)C(=O)O)cc2)cc1. The molecule has 1 fully saturated rings. The molecule has 8 nitrogen and oxygen atoms in total. The second-order valence-corrected chi connectivity index (χ2v) is 9.97. The van der Waals surface area contributed by atoms with E-state index in [-0.39, 0.29) is 18.2 Å². The summed E-state index contributed by atoms with van der Waals surface area (Å²) in [6, 6.07) is 13.0. The van der Waals surface area contributed by atoms with Crippen molar-refractivity contribution in [2.24, 2.45) is 16.7 Å². The van der Waals surface area contributed by atoms with Crippen LogP contribution in [0.5, 0.6) is 0 Å². The lowest BCUT2D eigenvalue weighted by Gasteiger charge is -2.37. The van der Waals surface area contributed by atoms with Crippen LogP contribution in [0.3, 0.4) is 0 Å². The van der Waals surface area contributed by atoms with E-state index in [1.807, 2.05) is 52.0 Å². The van der Waals surface area contributed by atoms with E-state index in [2.05, 4.69) is 10.6 Å². The average molecular weight is 497 g/mol. The maximum atomic E-state index is 13.0. The lowest BCUT2D eigenvalue weighted by atomic mass is 9.66. The summed E-state index contributed by atoms with van der Waals surface area (Å²) in [5.74, 6) is -2.20. The van der Waals surface area contributed by atoms with E-state index in [9.17, 15) is 24.3 Å². The summed E-state index contributed by atoms with van der Waals surface area (Å²) in [5.41, 5.74) is 1.71. The highest BCUT2D eigenvalue weighted by Gasteiger charge is 2.54. The lowest BCUT2D eigenvalue weighted by molar-refractivity contribution is -0.143. The van der Waals surface area contributed by atoms with E-state index in [1.54, 1.807) is 24.3 Å². The van der Waals surface area contributed by atoms with Crippen LogP contribution in [-0.2, 0) is 20.8 Å². The van der Waals surface area contributed by atoms with E-state index in [1.165, 1.54) is 0 Å². The number of aliphatic hydroxyl groups excluding tert-OH is 1. The normalized spacial score (nSPS) is 20.9. The Bertz CT molecular complexity index is 1080. The number of carboxylic acids is 1. The zero-order valence-corrected chi connectivity index (χ0v) is 21.5. The fraction of sp³-hybridized carbons (Fsp3) is 0.429. The third-order valence-electron chi connectivity index (χ3n) is 7.45. The summed E-state index contributed by atoms with van der Waals surface area (Å²) in [6.45, 7) is 7.58. The predicted octanol–water partition coefficient (Wildman–Crippen LogP) is 3.61. The summed E-state index contributed by atoms with van der Waals surface area (Å²) in [6.07, 6.45) is 2.11. The first-order valence-corrected chi connectivity index (χ1v) is 11.9. The van der Waals surface area contributed by atoms with E-state index in [0.717, 1.165) is 19.0 Å². The Morgan fingerprint density at radius 1 is 1.03 bits per heavy atom. The van der Waals surface area contributed by atoms with Gasteiger partial charge in [-0.05, 0) is 55.0 Å². The van der Waals surface area contributed by atoms with Crippen molar-refractivity contribution in [2.45, 2.75) is 53.0 Å². The first-order valence-electron chi connectivity index (χ1n) is 11.9. The highest BCUT2D eigenvalue weighted by Crippen LogP contribution is 2.54. The average Bonchev–Trinajstić information content (AvgIpc) is 3.10. The van der Waals surface area contributed by atoms with Gasteiger partial charge in [0.2, 0.25) is 5.91 Å². The molecule has 2 aromatic rings. The second kappa shape index (κ2) is 11.9. The molecule has 0 aromatic heterocycles. The molecule has 0 heterocycles. The van der Waals surface area contributed by atoms with Crippen molar-refractivity contribution in [1.29, 1.82) is 0 Å². The van der Waals surface area contributed by atoms with Crippen LogP contribution in [0.2, 0.25) is 0 Å². The van der Waals surface area contributed by atoms with Crippen molar-refractivity contribution in [3.63, 3.8) is 0 Å². The van der Waals surface area contributed by atoms with Gasteiger partial charge >= 0.3 is 5.97 Å². The Balaban J connectivity index is 0.00000222. The van der Waals surface area contributed by atoms with Gasteiger partial charge in [0.1, 0.15) is 12.3 Å². The minimum Gasteiger partial charge on any atom is -0.480 e. The number of aliphatic hydroxyl groups is 1. The van der Waals surface area contributed by atoms with Gasteiger partial charge < -0.3 is 25.6 Å². The molecule has 0 saturated heterocycles. The standard InChI is InChI=1S/C27H32N2O5.CH4O/c1-17-5-11-20(12-6-17)28-23(31)19-9-7-18(8-10-19)15-22(25(33)34)29-24(32)21-13-14-27(4,16-30)26(21,2)3;1-2/h5-12,16,21-22H,13-15H2,1-4H3,(H,28,31)(H,29,32)(H,33,34);2H,1H3/t21-,22+,27+;/m1./s1. The maximum Gasteiger partial charge on any atom is 0.326 e. The van der Waals surface area contributed by atoms with Crippen LogP contribution in [0, 0.1) is 23.7 Å². The molecule has 1 aliphatic rings. The van der Waals surface area contributed by atoms with Crippen LogP contribution in [-0.4, -0.2) is 47.4 Å². The highest BCUT2D eigenvalue weighted by atomic mass is 16.4. The van der Waals surface area contributed by atoms with Crippen LogP contribution < -0.4 is 10.6 Å². The van der Waals surface area contributed by atoms with Gasteiger partial charge in [-0.1, -0.05) is 50.6 Å². The van der Waals surface area contributed by atoms with Crippen molar-refractivity contribution in [2.75, 3.05) is 12.4 Å². The van der Waals surface area contributed by atoms with Gasteiger partial charge in [0.15, 0.2) is 0 Å². The molecule has 0 spiro atoms. The highest BCUT2D eigenvalue weighted by molar-refractivity contribution is 6.04. The predicted molar refractivity (Wildman–Crippen MR) is 138 cm³/mol. The first-order chi connectivity index (χ1) is 17.0. The minimum absolute atomic E-state index is 0.0824. The topological polar surface area (TPSA) is 133 Å². The van der Waals surface area contributed by atoms with Crippen LogP contribution in [0.15, 0.2) is 48.5 Å². The molecule has 3 atom stereocenters. The monoisotopic (exact) mass is 496 g/mol. The van der Waals surface area contributed by atoms with Crippen molar-refractivity contribution < 1.29 is 29.4 Å². The zero-order valence-electron chi connectivity index (χ0n) is 21.5. The summed E-state index contributed by atoms with van der Waals surface area (Å²) >= 11 is 0. The van der Waals surface area contributed by atoms with Crippen LogP contribution in [0.1, 0.15) is 55.1 Å². The number of rotatable bonds is 8. The van der Waals surface area contributed by atoms with Gasteiger partial charge in [0.05, 0.1) is 0 Å². The molecule has 3 rings (SSSR count). The maximum absolute atomic E-state index is 13.0. The van der Waals surface area contributed by atoms with Gasteiger partial charge in [-0.15, -0.1) is 0 Å². The van der Waals surface area contributed by atoms with Crippen LogP contribution >= 0.6 is 0 Å². The Hall–Kier alpha value is -3.52. The molecular weight excluding hydrogens is 460 g/mol. The van der Waals surface area contributed by atoms with E-state index >= 15 is 0 Å². The smallest absolute Gasteiger partial charge is 0.326 e. The van der Waals surface area contributed by atoms with Crippen LogP contribution in [0.25, 0.3) is 0 Å². The molecule has 194 valence electrons. The molecule has 8 heteroatoms. The Kier molecular flexibility index (Phi) is 9.53. The molecule has 2 aromatic carbocycles. The molecule has 36 heavy (non-hydrogen) atoms. The van der Waals surface area contributed by atoms with Crippen molar-refractivity contribution in [1.82, 2.24) is 5.32 Å². The molecule has 1 aliphatic carbocycles. The number of carbonyl (C=O) groups is 4. The number of aryl methyl sites for hydroxylation is 1. The van der Waals surface area contributed by atoms with E-state index < -0.39 is 28.8 Å². The first kappa shape index (κ1) is 28.7. The number of amides is 2. The molecular formula is C28H36N2O6. The number of hydrogen-bond acceptors (Lipinski definition) is 5. The minimum atomic E-state index is -1.14. The third kappa shape index (κ3) is 6.37. The van der Waals surface area contributed by atoms with Crippen molar-refractivity contribution >= 4 is 29.8 Å². The number of anilines is 1. The Morgan fingerprint density at radius 3 is 2.11 bits per heavy atom. The molecule has 0 radical (unpaired) electrons. The fourth-order valence-corrected chi connectivity index (χ4v) is 4.54. The summed E-state index contributed by atoms with van der Waals surface area (Å²) in [7, 11) is 1.00. The van der Waals surface area contributed by atoms with E-state index in [4.69, 9.17) is 5.11 Å². The van der Waals surface area contributed by atoms with Crippen LogP contribution in [0.4, 0.5) is 5.69 Å². The molecule has 2 amide bonds. The lowest BCUT2D eigenvalue weighted by Crippen LogP contribution is -2.48. The van der Waals surface area contributed by atoms with Crippen molar-refractivity contribution in [3.05, 3.63) is 65.2 Å². The number of aliphatic carboxylic acids is 1. The molecule has 0 unspecified atom stereocenters. The molecule has 0 bridgehead atoms. The largest absolute Gasteiger partial charge is 0.480 e. The van der Waals surface area contributed by atoms with Crippen molar-refractivity contribution in [3.8, 4) is 0 Å². The molecule has 1 saturated carbocycles. The van der Waals surface area contributed by atoms with E-state index in [0.29, 0.717) is 29.7 Å². The zero-order chi connectivity index (χ0) is 27.1. The summed E-state index contributed by atoms with van der Waals surface area (Å²) in [4.78, 5) is 48.9. The summed E-state index contributed by atoms with van der Waals surface area (Å²) < 4.78 is 0. The fourth-order valence-electron chi connectivity index (χ4n) is 4.54. The number of benzene rings is 2. The summed E-state index contributed by atoms with van der Waals surface area (Å²) in [5, 5.41) is 22.2. The number of carboxylic acid groups (broad SMARTS) is 1. The quantitative estimate of drug-likeness (QED) is 0.413. The second-order valence-electron chi connectivity index (χ2n) is 9.97. The molecule has 4 N–H and O–H groups in total. The number of hydrogen-bond donors (Lipinski definition) is 4. The van der Waals surface area contributed by atoms with Gasteiger partial charge in [-0.3, -0.25) is 9.59 Å². The molecule has 0 aliphatic heterocycles. The number of aldehydes is 1.